The predicted octanol–water partition coefficient (Wildman–Crippen LogP) is -5.12. The SMILES string of the molecule is O.OB(O)F.OB(O)F.OB(O)F.OB(O)F. The van der Waals surface area contributed by atoms with Crippen LogP contribution in [0, 0.1) is 0 Å². The average Bonchev–Trinajstić information content (AvgIpc) is 1.76. The summed E-state index contributed by atoms with van der Waals surface area (Å²) in [6.45, 7) is 0. The Bertz CT molecular complexity index is 68.0. The summed E-state index contributed by atoms with van der Waals surface area (Å²) >= 11 is 0. The monoisotopic (exact) mass is 274 g/mol. The molecule has 0 unspecified atom stereocenters. The highest BCUT2D eigenvalue weighted by Gasteiger charge is 1.98. The Labute approximate surface area is 93.7 Å². The van der Waals surface area contributed by atoms with E-state index < -0.39 is 29.6 Å². The summed E-state index contributed by atoms with van der Waals surface area (Å²) in [5.41, 5.74) is 0. The molecule has 0 radical (unpaired) electrons. The van der Waals surface area contributed by atoms with Crippen molar-refractivity contribution in [3.05, 3.63) is 0 Å². The lowest BCUT2D eigenvalue weighted by Gasteiger charge is -1.65. The van der Waals surface area contributed by atoms with Gasteiger partial charge in [-0.25, -0.2) is 0 Å². The van der Waals surface area contributed by atoms with Gasteiger partial charge >= 0.3 is 29.6 Å². The summed E-state index contributed by atoms with van der Waals surface area (Å²) in [6, 6.07) is 0. The zero-order valence-corrected chi connectivity index (χ0v) is 7.90. The van der Waals surface area contributed by atoms with Gasteiger partial charge in [-0.3, -0.25) is 17.3 Å². The van der Waals surface area contributed by atoms with Crippen LogP contribution in [0.25, 0.3) is 0 Å². The van der Waals surface area contributed by atoms with Crippen molar-refractivity contribution in [3.8, 4) is 0 Å². The maximum absolute atomic E-state index is 10.1. The second kappa shape index (κ2) is 24.7. The highest BCUT2D eigenvalue weighted by molar-refractivity contribution is 6.32. The van der Waals surface area contributed by atoms with Gasteiger partial charge in [0.05, 0.1) is 0 Å². The topological polar surface area (TPSA) is 193 Å². The quantitative estimate of drug-likeness (QED) is 0.158. The molecular formula is H10B4F4O9. The molecule has 0 aromatic carbocycles. The molecule has 9 nitrogen and oxygen atoms in total. The van der Waals surface area contributed by atoms with Gasteiger partial charge in [-0.2, -0.15) is 0 Å². The molecule has 0 atom stereocenters. The molecule has 0 saturated carbocycles. The van der Waals surface area contributed by atoms with Gasteiger partial charge in [0.25, 0.3) is 0 Å². The first-order valence-corrected chi connectivity index (χ1v) is 2.94. The summed E-state index contributed by atoms with van der Waals surface area (Å²) in [4.78, 5) is 0. The molecule has 17 heteroatoms. The van der Waals surface area contributed by atoms with Crippen LogP contribution in [0.3, 0.4) is 0 Å². The third-order valence-corrected chi connectivity index (χ3v) is 0. The summed E-state index contributed by atoms with van der Waals surface area (Å²) in [5.74, 6) is 0. The normalized spacial score (nSPS) is 6.35. The van der Waals surface area contributed by atoms with Crippen molar-refractivity contribution in [2.45, 2.75) is 0 Å². The first kappa shape index (κ1) is 30.0. The molecule has 0 bridgehead atoms. The van der Waals surface area contributed by atoms with E-state index in [9.17, 15) is 17.3 Å². The highest BCUT2D eigenvalue weighted by atomic mass is 19.1. The Hall–Kier alpha value is -0.380. The van der Waals surface area contributed by atoms with E-state index >= 15 is 0 Å². The lowest BCUT2D eigenvalue weighted by atomic mass is 10.3. The van der Waals surface area contributed by atoms with Gasteiger partial charge in [-0.15, -0.1) is 0 Å². The van der Waals surface area contributed by atoms with Crippen LogP contribution < -0.4 is 0 Å². The van der Waals surface area contributed by atoms with Crippen LogP contribution >= 0.6 is 0 Å². The van der Waals surface area contributed by atoms with E-state index in [1.165, 1.54) is 0 Å². The first-order valence-electron chi connectivity index (χ1n) is 2.94. The Balaban J connectivity index is -0.0000000369. The summed E-state index contributed by atoms with van der Waals surface area (Å²) in [5, 5.41) is 55.6. The van der Waals surface area contributed by atoms with Gasteiger partial charge in [-0.1, -0.05) is 0 Å². The molecule has 0 amide bonds. The Morgan fingerprint density at radius 2 is 0.412 bits per heavy atom. The van der Waals surface area contributed by atoms with Crippen LogP contribution in [-0.4, -0.2) is 75.3 Å². The fraction of sp³-hybridized carbons (Fsp3) is 0. The second-order valence-electron chi connectivity index (χ2n) is 1.24. The van der Waals surface area contributed by atoms with E-state index in [1.54, 1.807) is 0 Å². The van der Waals surface area contributed by atoms with Crippen LogP contribution in [0.5, 0.6) is 0 Å². The van der Waals surface area contributed by atoms with Crippen LogP contribution in [0.2, 0.25) is 0 Å². The number of rotatable bonds is 0. The summed E-state index contributed by atoms with van der Waals surface area (Å²) in [7, 11) is -10.7. The standard InChI is InChI=1S/4BFH2O2.H2O/c4*2-1(3)4;/h4*3-4H;1H2. The second-order valence-corrected chi connectivity index (χ2v) is 1.24. The number of hydrogen-bond acceptors (Lipinski definition) is 8. The molecule has 0 aromatic rings. The molecule has 0 heterocycles. The van der Waals surface area contributed by atoms with E-state index in [-0.39, 0.29) is 5.48 Å². The third kappa shape index (κ3) is 20000. The van der Waals surface area contributed by atoms with Gasteiger partial charge in [-0.05, 0) is 0 Å². The highest BCUT2D eigenvalue weighted by Crippen LogP contribution is 1.58. The van der Waals surface area contributed by atoms with Gasteiger partial charge < -0.3 is 45.7 Å². The smallest absolute Gasteiger partial charge is 0.412 e. The molecule has 0 rings (SSSR count). The van der Waals surface area contributed by atoms with Crippen molar-refractivity contribution in [1.29, 1.82) is 0 Å². The number of halogens is 4. The third-order valence-electron chi connectivity index (χ3n) is 0. The average molecular weight is 273 g/mol. The maximum atomic E-state index is 10.1. The van der Waals surface area contributed by atoms with E-state index in [0.717, 1.165) is 0 Å². The first-order chi connectivity index (χ1) is 6.93. The Kier molecular flexibility index (Phi) is 43.7. The summed E-state index contributed by atoms with van der Waals surface area (Å²) < 4.78 is 40.4. The lowest BCUT2D eigenvalue weighted by molar-refractivity contribution is 0.338. The molecule has 0 aliphatic rings. The van der Waals surface area contributed by atoms with E-state index in [0.29, 0.717) is 0 Å². The molecule has 0 spiro atoms. The van der Waals surface area contributed by atoms with Gasteiger partial charge in [0.1, 0.15) is 0 Å². The van der Waals surface area contributed by atoms with Crippen molar-refractivity contribution in [1.82, 2.24) is 0 Å². The molecular weight excluding hydrogens is 263 g/mol. The van der Waals surface area contributed by atoms with Gasteiger partial charge in [0, 0.05) is 0 Å². The van der Waals surface area contributed by atoms with Crippen LogP contribution in [0.15, 0.2) is 0 Å². The van der Waals surface area contributed by atoms with Crippen molar-refractivity contribution >= 4 is 29.6 Å². The van der Waals surface area contributed by atoms with Crippen molar-refractivity contribution in [2.24, 2.45) is 0 Å². The largest absolute Gasteiger partial charge is 0.674 e. The lowest BCUT2D eigenvalue weighted by Crippen LogP contribution is -1.98. The van der Waals surface area contributed by atoms with Crippen molar-refractivity contribution in [2.75, 3.05) is 0 Å². The van der Waals surface area contributed by atoms with Gasteiger partial charge in [0.2, 0.25) is 0 Å². The zero-order valence-electron chi connectivity index (χ0n) is 7.90. The van der Waals surface area contributed by atoms with Crippen molar-refractivity contribution < 1.29 is 62.9 Å². The molecule has 17 heavy (non-hydrogen) atoms. The zero-order chi connectivity index (χ0) is 14.3. The minimum absolute atomic E-state index is 0. The summed E-state index contributed by atoms with van der Waals surface area (Å²) in [6.07, 6.45) is 0. The van der Waals surface area contributed by atoms with E-state index in [2.05, 4.69) is 0 Å². The maximum Gasteiger partial charge on any atom is 0.674 e. The minimum atomic E-state index is -2.67. The Morgan fingerprint density at radius 1 is 0.412 bits per heavy atom. The molecule has 0 saturated heterocycles. The fourth-order valence-corrected chi connectivity index (χ4v) is 0. The fourth-order valence-electron chi connectivity index (χ4n) is 0. The van der Waals surface area contributed by atoms with Crippen molar-refractivity contribution in [3.63, 3.8) is 0 Å². The molecule has 0 aromatic heterocycles. The van der Waals surface area contributed by atoms with E-state index in [1.807, 2.05) is 0 Å². The Morgan fingerprint density at radius 3 is 0.412 bits per heavy atom. The molecule has 0 aliphatic heterocycles. The molecule has 0 aliphatic carbocycles. The molecule has 10 N–H and O–H groups in total. The van der Waals surface area contributed by atoms with Crippen LogP contribution in [0.1, 0.15) is 0 Å². The predicted molar refractivity (Wildman–Crippen MR) is 48.8 cm³/mol. The number of hydrogen-bond donors (Lipinski definition) is 8. The van der Waals surface area contributed by atoms with E-state index in [4.69, 9.17) is 40.2 Å². The molecule has 0 fully saturated rings. The van der Waals surface area contributed by atoms with Gasteiger partial charge in [0.15, 0.2) is 0 Å². The van der Waals surface area contributed by atoms with Crippen LogP contribution in [-0.2, 0) is 0 Å². The molecule has 104 valence electrons. The minimum Gasteiger partial charge on any atom is -0.412 e. The van der Waals surface area contributed by atoms with Crippen LogP contribution in [0.4, 0.5) is 17.3 Å².